The predicted molar refractivity (Wildman–Crippen MR) is 105 cm³/mol. The highest BCUT2D eigenvalue weighted by Gasteiger charge is 2.32. The number of amides is 1. The number of rotatable bonds is 5. The lowest BCUT2D eigenvalue weighted by molar-refractivity contribution is -0.134. The van der Waals surface area contributed by atoms with E-state index >= 15 is 0 Å². The van der Waals surface area contributed by atoms with Gasteiger partial charge in [-0.3, -0.25) is 4.79 Å². The molecule has 0 aliphatic carbocycles. The molecule has 3 rings (SSSR count). The second-order valence-corrected chi connectivity index (χ2v) is 8.48. The number of hydrogen-bond acceptors (Lipinski definition) is 4. The van der Waals surface area contributed by atoms with Crippen LogP contribution in [0, 0.1) is 11.3 Å². The lowest BCUT2D eigenvalue weighted by Crippen LogP contribution is -2.49. The number of piperazine rings is 1. The van der Waals surface area contributed by atoms with E-state index in [1.807, 2.05) is 0 Å². The summed E-state index contributed by atoms with van der Waals surface area (Å²) in [6.45, 7) is 15.6. The van der Waals surface area contributed by atoms with Gasteiger partial charge in [0.2, 0.25) is 5.91 Å². The maximum Gasteiger partial charge on any atom is 0.222 e. The molecule has 0 radical (unpaired) electrons. The number of hydrogen-bond donors (Lipinski definition) is 1. The first kappa shape index (κ1) is 20.9. The van der Waals surface area contributed by atoms with Gasteiger partial charge >= 0.3 is 0 Å². The van der Waals surface area contributed by atoms with Gasteiger partial charge in [0.1, 0.15) is 0 Å². The van der Waals surface area contributed by atoms with E-state index in [9.17, 15) is 4.79 Å². The van der Waals surface area contributed by atoms with Crippen LogP contribution in [0.25, 0.3) is 0 Å². The summed E-state index contributed by atoms with van der Waals surface area (Å²) in [5, 5.41) is 3.50. The first-order valence-electron chi connectivity index (χ1n) is 10.0. The van der Waals surface area contributed by atoms with Gasteiger partial charge in [-0.25, -0.2) is 0 Å². The van der Waals surface area contributed by atoms with Crippen molar-refractivity contribution in [2.45, 2.75) is 39.5 Å². The van der Waals surface area contributed by atoms with Crippen molar-refractivity contribution >= 4 is 18.3 Å². The van der Waals surface area contributed by atoms with E-state index in [0.29, 0.717) is 17.2 Å². The second-order valence-electron chi connectivity index (χ2n) is 8.48. The molecule has 3 aliphatic heterocycles. The van der Waals surface area contributed by atoms with Gasteiger partial charge in [-0.2, -0.15) is 0 Å². The van der Waals surface area contributed by atoms with Crippen LogP contribution in [-0.4, -0.2) is 86.1 Å². The molecule has 146 valence electrons. The lowest BCUT2D eigenvalue weighted by Gasteiger charge is -2.38. The van der Waals surface area contributed by atoms with Gasteiger partial charge in [0, 0.05) is 45.7 Å². The number of likely N-dealkylation sites (N-methyl/N-ethyl adjacent to an activating group) is 1. The average Bonchev–Trinajstić information content (AvgIpc) is 3.03. The molecular weight excluding hydrogens is 336 g/mol. The summed E-state index contributed by atoms with van der Waals surface area (Å²) >= 11 is 0. The van der Waals surface area contributed by atoms with E-state index in [4.69, 9.17) is 0 Å². The van der Waals surface area contributed by atoms with Crippen molar-refractivity contribution in [1.82, 2.24) is 20.0 Å². The van der Waals surface area contributed by atoms with Crippen molar-refractivity contribution in [2.24, 2.45) is 11.3 Å². The van der Waals surface area contributed by atoms with E-state index in [-0.39, 0.29) is 12.4 Å². The molecule has 1 N–H and O–H groups in total. The Labute approximate surface area is 159 Å². The van der Waals surface area contributed by atoms with E-state index in [2.05, 4.69) is 33.9 Å². The Bertz CT molecular complexity index is 412. The van der Waals surface area contributed by atoms with E-state index in [0.717, 1.165) is 45.7 Å². The minimum Gasteiger partial charge on any atom is -0.340 e. The normalized spacial score (nSPS) is 29.6. The zero-order valence-electron chi connectivity index (χ0n) is 16.1. The first-order valence-corrected chi connectivity index (χ1v) is 10.0. The third-order valence-corrected chi connectivity index (χ3v) is 6.41. The summed E-state index contributed by atoms with van der Waals surface area (Å²) in [4.78, 5) is 19.7. The van der Waals surface area contributed by atoms with Gasteiger partial charge in [-0.1, -0.05) is 13.8 Å². The van der Waals surface area contributed by atoms with Crippen LogP contribution in [-0.2, 0) is 4.79 Å². The fourth-order valence-corrected chi connectivity index (χ4v) is 4.58. The molecule has 0 aromatic rings. The number of nitrogens with one attached hydrogen (secondary N) is 1. The molecular formula is C19H37ClN4O. The maximum absolute atomic E-state index is 12.6. The Morgan fingerprint density at radius 2 is 1.76 bits per heavy atom. The van der Waals surface area contributed by atoms with Crippen LogP contribution >= 0.6 is 12.4 Å². The maximum atomic E-state index is 12.6. The van der Waals surface area contributed by atoms with Gasteiger partial charge in [0.05, 0.1) is 0 Å². The first-order chi connectivity index (χ1) is 11.6. The molecule has 0 bridgehead atoms. The molecule has 0 aromatic heterocycles. The predicted octanol–water partition coefficient (Wildman–Crippen LogP) is 1.67. The molecule has 5 nitrogen and oxygen atoms in total. The summed E-state index contributed by atoms with van der Waals surface area (Å²) in [5.41, 5.74) is 0.460. The van der Waals surface area contributed by atoms with Gasteiger partial charge in [0.25, 0.3) is 0 Å². The van der Waals surface area contributed by atoms with Gasteiger partial charge in [-0.15, -0.1) is 12.4 Å². The van der Waals surface area contributed by atoms with Crippen LogP contribution in [0.2, 0.25) is 0 Å². The highest BCUT2D eigenvalue weighted by Crippen LogP contribution is 2.29. The molecule has 1 amide bonds. The fraction of sp³-hybridized carbons (Fsp3) is 0.947. The number of likely N-dealkylation sites (tertiary alicyclic amines) is 1. The molecule has 1 unspecified atom stereocenters. The van der Waals surface area contributed by atoms with Crippen molar-refractivity contribution in [3.63, 3.8) is 0 Å². The molecule has 3 aliphatic rings. The standard InChI is InChI=1S/C19H36N4O.ClH/c1-3-21-10-12-23(13-11-21)18(24)14-17-4-8-22(9-5-17)16-19(2)6-7-20-15-19;/h17,20H,3-16H2,1-2H3;1H. The monoisotopic (exact) mass is 372 g/mol. The van der Waals surface area contributed by atoms with Crippen LogP contribution in [0.3, 0.4) is 0 Å². The number of carbonyl (C=O) groups is 1. The summed E-state index contributed by atoms with van der Waals surface area (Å²) < 4.78 is 0. The van der Waals surface area contributed by atoms with Crippen LogP contribution in [0.4, 0.5) is 0 Å². The number of carbonyl (C=O) groups excluding carboxylic acids is 1. The van der Waals surface area contributed by atoms with Crippen molar-refractivity contribution in [2.75, 3.05) is 65.4 Å². The highest BCUT2D eigenvalue weighted by molar-refractivity contribution is 5.85. The van der Waals surface area contributed by atoms with Gasteiger partial charge in [-0.05, 0) is 56.8 Å². The third-order valence-electron chi connectivity index (χ3n) is 6.41. The van der Waals surface area contributed by atoms with Gasteiger partial charge < -0.3 is 20.0 Å². The second kappa shape index (κ2) is 9.54. The minimum absolute atomic E-state index is 0. The number of piperidine rings is 1. The van der Waals surface area contributed by atoms with Crippen molar-refractivity contribution in [3.8, 4) is 0 Å². The molecule has 6 heteroatoms. The smallest absolute Gasteiger partial charge is 0.222 e. The fourth-order valence-electron chi connectivity index (χ4n) is 4.58. The van der Waals surface area contributed by atoms with Crippen molar-refractivity contribution < 1.29 is 4.79 Å². The third kappa shape index (κ3) is 5.81. The topological polar surface area (TPSA) is 38.8 Å². The highest BCUT2D eigenvalue weighted by atomic mass is 35.5. The van der Waals surface area contributed by atoms with Crippen LogP contribution in [0.15, 0.2) is 0 Å². The zero-order chi connectivity index (χ0) is 17.0. The molecule has 0 aromatic carbocycles. The Kier molecular flexibility index (Phi) is 7.99. The average molecular weight is 373 g/mol. The minimum atomic E-state index is 0. The van der Waals surface area contributed by atoms with Crippen molar-refractivity contribution in [3.05, 3.63) is 0 Å². The summed E-state index contributed by atoms with van der Waals surface area (Å²) in [7, 11) is 0. The van der Waals surface area contributed by atoms with E-state index < -0.39 is 0 Å². The Hall–Kier alpha value is -0.360. The van der Waals surface area contributed by atoms with E-state index in [1.54, 1.807) is 0 Å². The lowest BCUT2D eigenvalue weighted by atomic mass is 9.87. The van der Waals surface area contributed by atoms with Crippen LogP contribution in [0.5, 0.6) is 0 Å². The molecule has 0 saturated carbocycles. The Morgan fingerprint density at radius 1 is 1.08 bits per heavy atom. The molecule has 3 fully saturated rings. The molecule has 3 heterocycles. The Balaban J connectivity index is 0.00000225. The summed E-state index contributed by atoms with van der Waals surface area (Å²) in [6, 6.07) is 0. The molecule has 0 spiro atoms. The van der Waals surface area contributed by atoms with Crippen molar-refractivity contribution in [1.29, 1.82) is 0 Å². The van der Waals surface area contributed by atoms with Gasteiger partial charge in [0.15, 0.2) is 0 Å². The van der Waals surface area contributed by atoms with Crippen LogP contribution in [0.1, 0.15) is 39.5 Å². The molecule has 25 heavy (non-hydrogen) atoms. The molecule has 1 atom stereocenters. The Morgan fingerprint density at radius 3 is 2.32 bits per heavy atom. The quantitative estimate of drug-likeness (QED) is 0.796. The number of halogens is 1. The zero-order valence-corrected chi connectivity index (χ0v) is 17.0. The summed E-state index contributed by atoms with van der Waals surface area (Å²) in [6.07, 6.45) is 4.47. The SMILES string of the molecule is CCN1CCN(C(=O)CC2CCN(CC3(C)CCNC3)CC2)CC1.Cl. The van der Waals surface area contributed by atoms with Crippen LogP contribution < -0.4 is 5.32 Å². The largest absolute Gasteiger partial charge is 0.340 e. The molecule has 3 saturated heterocycles. The number of nitrogens with zero attached hydrogens (tertiary/aromatic N) is 3. The van der Waals surface area contributed by atoms with E-state index in [1.165, 1.54) is 45.4 Å². The summed E-state index contributed by atoms with van der Waals surface area (Å²) in [5.74, 6) is 1.00.